The summed E-state index contributed by atoms with van der Waals surface area (Å²) in [6.45, 7) is -0.848. The molecule has 31 heavy (non-hydrogen) atoms. The molecule has 2 amide bonds. The molecule has 0 fully saturated rings. The number of aromatic nitrogens is 5. The first-order valence-corrected chi connectivity index (χ1v) is 9.07. The Kier molecular flexibility index (Phi) is 5.10. The van der Waals surface area contributed by atoms with Gasteiger partial charge in [-0.05, 0) is 24.3 Å². The van der Waals surface area contributed by atoms with Gasteiger partial charge in [-0.3, -0.25) is 34.2 Å². The molecule has 4 rings (SSSR count). The molecule has 12 heteroatoms. The fraction of sp³-hybridized carbons (Fsp3) is 0.105. The van der Waals surface area contributed by atoms with Gasteiger partial charge in [0.15, 0.2) is 0 Å². The minimum atomic E-state index is -0.631. The zero-order valence-electron chi connectivity index (χ0n) is 15.8. The van der Waals surface area contributed by atoms with Gasteiger partial charge in [0.2, 0.25) is 11.8 Å². The van der Waals surface area contributed by atoms with E-state index in [2.05, 4.69) is 31.1 Å². The number of aromatic amines is 2. The Balaban J connectivity index is 1.44. The molecule has 0 atom stereocenters. The van der Waals surface area contributed by atoms with Gasteiger partial charge in [0.1, 0.15) is 12.1 Å². The Morgan fingerprint density at radius 1 is 0.903 bits per heavy atom. The summed E-state index contributed by atoms with van der Waals surface area (Å²) in [6, 6.07) is 11.0. The number of fused-ring (bicyclic) bond motifs is 2. The molecule has 2 heterocycles. The molecule has 2 aromatic carbocycles. The van der Waals surface area contributed by atoms with E-state index in [0.29, 0.717) is 10.9 Å². The van der Waals surface area contributed by atoms with Crippen molar-refractivity contribution in [3.05, 3.63) is 73.5 Å². The molecule has 0 saturated carbocycles. The third-order valence-electron chi connectivity index (χ3n) is 4.47. The highest BCUT2D eigenvalue weighted by molar-refractivity contribution is 6.02. The first-order valence-electron chi connectivity index (χ1n) is 9.07. The number of H-pyrrole nitrogens is 2. The standard InChI is InChI=1S/C19H15N7O5/c27-14(21-13-7-3-5-11-16(13)18(30)24-23-17(11)29)8-20-15(28)9-26-19(31)10-4-1-2-6-12(10)22-25-26/h1-7H,8-9H2,(H,20,28)(H,21,27)(H,23,29)(H,24,30). The molecule has 0 bridgehead atoms. The van der Waals surface area contributed by atoms with Crippen molar-refractivity contribution in [1.29, 1.82) is 0 Å². The highest BCUT2D eigenvalue weighted by atomic mass is 16.2. The zero-order valence-corrected chi connectivity index (χ0v) is 15.8. The number of nitrogens with one attached hydrogen (secondary N) is 4. The van der Waals surface area contributed by atoms with Gasteiger partial charge < -0.3 is 10.6 Å². The largest absolute Gasteiger partial charge is 0.345 e. The molecular weight excluding hydrogens is 406 g/mol. The molecule has 0 saturated heterocycles. The second-order valence-electron chi connectivity index (χ2n) is 6.53. The summed E-state index contributed by atoms with van der Waals surface area (Å²) < 4.78 is 0.895. The van der Waals surface area contributed by atoms with Gasteiger partial charge in [-0.1, -0.05) is 23.4 Å². The fourth-order valence-corrected chi connectivity index (χ4v) is 3.03. The third kappa shape index (κ3) is 3.94. The lowest BCUT2D eigenvalue weighted by atomic mass is 10.1. The van der Waals surface area contributed by atoms with Crippen LogP contribution in [0.4, 0.5) is 5.69 Å². The summed E-state index contributed by atoms with van der Waals surface area (Å²) in [5.41, 5.74) is -1.04. The number of hydrogen-bond donors (Lipinski definition) is 4. The third-order valence-corrected chi connectivity index (χ3v) is 4.47. The Bertz CT molecular complexity index is 1500. The Morgan fingerprint density at radius 3 is 2.48 bits per heavy atom. The van der Waals surface area contributed by atoms with Crippen LogP contribution >= 0.6 is 0 Å². The van der Waals surface area contributed by atoms with Crippen molar-refractivity contribution < 1.29 is 9.59 Å². The average Bonchev–Trinajstić information content (AvgIpc) is 2.77. The Labute approximate surface area is 171 Å². The van der Waals surface area contributed by atoms with Crippen molar-refractivity contribution >= 4 is 39.2 Å². The summed E-state index contributed by atoms with van der Waals surface area (Å²) in [5, 5.41) is 17.3. The number of benzene rings is 2. The minimum absolute atomic E-state index is 0.0175. The average molecular weight is 421 g/mol. The van der Waals surface area contributed by atoms with Crippen LogP contribution in [0.25, 0.3) is 21.7 Å². The van der Waals surface area contributed by atoms with Crippen molar-refractivity contribution in [1.82, 2.24) is 30.5 Å². The van der Waals surface area contributed by atoms with E-state index in [0.717, 1.165) is 4.68 Å². The predicted octanol–water partition coefficient (Wildman–Crippen LogP) is -0.924. The van der Waals surface area contributed by atoms with E-state index in [1.54, 1.807) is 24.3 Å². The summed E-state index contributed by atoms with van der Waals surface area (Å²) in [4.78, 5) is 60.6. The highest BCUT2D eigenvalue weighted by Gasteiger charge is 2.13. The molecule has 0 aliphatic rings. The maximum absolute atomic E-state index is 12.4. The number of nitrogens with zero attached hydrogens (tertiary/aromatic N) is 3. The van der Waals surface area contributed by atoms with Crippen LogP contribution in [0.3, 0.4) is 0 Å². The van der Waals surface area contributed by atoms with E-state index < -0.39 is 41.6 Å². The number of carbonyl (C=O) groups is 2. The second kappa shape index (κ2) is 8.02. The van der Waals surface area contributed by atoms with Crippen molar-refractivity contribution in [3.63, 3.8) is 0 Å². The Morgan fingerprint density at radius 2 is 1.65 bits per heavy atom. The highest BCUT2D eigenvalue weighted by Crippen LogP contribution is 2.16. The molecule has 12 nitrogen and oxygen atoms in total. The molecule has 0 aliphatic carbocycles. The van der Waals surface area contributed by atoms with Gasteiger partial charge in [0.05, 0.1) is 28.4 Å². The van der Waals surface area contributed by atoms with Gasteiger partial charge in [-0.15, -0.1) is 5.10 Å². The van der Waals surface area contributed by atoms with Crippen LogP contribution < -0.4 is 27.3 Å². The monoisotopic (exact) mass is 421 g/mol. The maximum atomic E-state index is 12.4. The van der Waals surface area contributed by atoms with E-state index in [4.69, 9.17) is 0 Å². The number of amides is 2. The van der Waals surface area contributed by atoms with Crippen LogP contribution in [0.5, 0.6) is 0 Å². The van der Waals surface area contributed by atoms with Gasteiger partial charge >= 0.3 is 0 Å². The van der Waals surface area contributed by atoms with Gasteiger partial charge in [0.25, 0.3) is 16.7 Å². The summed E-state index contributed by atoms with van der Waals surface area (Å²) >= 11 is 0. The first kappa shape index (κ1) is 19.7. The fourth-order valence-electron chi connectivity index (χ4n) is 3.03. The van der Waals surface area contributed by atoms with E-state index in [9.17, 15) is 24.0 Å². The number of rotatable bonds is 5. The van der Waals surface area contributed by atoms with E-state index in [1.807, 2.05) is 0 Å². The minimum Gasteiger partial charge on any atom is -0.345 e. The lowest BCUT2D eigenvalue weighted by Crippen LogP contribution is -2.38. The van der Waals surface area contributed by atoms with Crippen LogP contribution in [-0.4, -0.2) is 43.6 Å². The van der Waals surface area contributed by atoms with Gasteiger partial charge in [-0.2, -0.15) is 0 Å². The summed E-state index contributed by atoms with van der Waals surface area (Å²) in [6.07, 6.45) is 0. The van der Waals surface area contributed by atoms with E-state index >= 15 is 0 Å². The van der Waals surface area contributed by atoms with E-state index in [-0.39, 0.29) is 16.5 Å². The Hall–Kier alpha value is -4.61. The van der Waals surface area contributed by atoms with Crippen molar-refractivity contribution in [3.8, 4) is 0 Å². The number of anilines is 1. The van der Waals surface area contributed by atoms with Crippen LogP contribution in [0, 0.1) is 0 Å². The topological polar surface area (TPSA) is 172 Å². The van der Waals surface area contributed by atoms with Crippen LogP contribution in [0.15, 0.2) is 56.8 Å². The molecule has 0 spiro atoms. The normalized spacial score (nSPS) is 10.8. The quantitative estimate of drug-likeness (QED) is 0.322. The number of carbonyl (C=O) groups excluding carboxylic acids is 2. The van der Waals surface area contributed by atoms with E-state index in [1.165, 1.54) is 18.2 Å². The SMILES string of the molecule is O=C(Cn1nnc2ccccc2c1=O)NCC(=O)Nc1cccc2c(=O)[nH][nH]c(=O)c12. The molecule has 0 radical (unpaired) electrons. The van der Waals surface area contributed by atoms with Crippen molar-refractivity contribution in [2.24, 2.45) is 0 Å². The van der Waals surface area contributed by atoms with Crippen LogP contribution in [-0.2, 0) is 16.1 Å². The van der Waals surface area contributed by atoms with Crippen molar-refractivity contribution in [2.45, 2.75) is 6.54 Å². The molecule has 156 valence electrons. The molecule has 4 N–H and O–H groups in total. The number of hydrogen-bond acceptors (Lipinski definition) is 7. The smallest absolute Gasteiger partial charge is 0.278 e. The van der Waals surface area contributed by atoms with Crippen molar-refractivity contribution in [2.75, 3.05) is 11.9 Å². The predicted molar refractivity (Wildman–Crippen MR) is 111 cm³/mol. The molecule has 4 aromatic rings. The second-order valence-corrected chi connectivity index (χ2v) is 6.53. The molecule has 0 unspecified atom stereocenters. The first-order chi connectivity index (χ1) is 14.9. The van der Waals surface area contributed by atoms with Gasteiger partial charge in [-0.25, -0.2) is 4.68 Å². The summed E-state index contributed by atoms with van der Waals surface area (Å²) in [5.74, 6) is -1.26. The summed E-state index contributed by atoms with van der Waals surface area (Å²) in [7, 11) is 0. The van der Waals surface area contributed by atoms with Gasteiger partial charge in [0, 0.05) is 0 Å². The van der Waals surface area contributed by atoms with Crippen LogP contribution in [0.2, 0.25) is 0 Å². The molecule has 2 aromatic heterocycles. The molecule has 0 aliphatic heterocycles. The lowest BCUT2D eigenvalue weighted by Gasteiger charge is -2.09. The molecular formula is C19H15N7O5. The lowest BCUT2D eigenvalue weighted by molar-refractivity contribution is -0.124. The maximum Gasteiger partial charge on any atom is 0.278 e. The van der Waals surface area contributed by atoms with Crippen LogP contribution in [0.1, 0.15) is 0 Å². The zero-order chi connectivity index (χ0) is 22.0.